The number of nitrogens with one attached hydrogen (secondary N) is 2. The van der Waals surface area contributed by atoms with Crippen LogP contribution >= 0.6 is 0 Å². The molecule has 2 aromatic carbocycles. The highest BCUT2D eigenvalue weighted by atomic mass is 32.2. The van der Waals surface area contributed by atoms with Crippen molar-refractivity contribution in [3.8, 4) is 0 Å². The Morgan fingerprint density at radius 1 is 1.08 bits per heavy atom. The number of aryl methyl sites for hydroxylation is 1. The van der Waals surface area contributed by atoms with Crippen molar-refractivity contribution in [3.05, 3.63) is 60.2 Å². The Kier molecular flexibility index (Phi) is 6.52. The normalized spacial score (nSPS) is 13.8. The van der Waals surface area contributed by atoms with Gasteiger partial charge in [0.05, 0.1) is 10.5 Å². The number of amides is 1. The van der Waals surface area contributed by atoms with E-state index in [1.165, 1.54) is 31.2 Å². The number of carbonyl (C=O) groups is 1. The Hall–Kier alpha value is -2.22. The highest BCUT2D eigenvalue weighted by Crippen LogP contribution is 2.17. The topological polar surface area (TPSA) is 95.5 Å². The molecule has 0 saturated heterocycles. The van der Waals surface area contributed by atoms with Crippen molar-refractivity contribution in [2.75, 3.05) is 11.9 Å². The van der Waals surface area contributed by atoms with Gasteiger partial charge in [-0.3, -0.25) is 4.79 Å². The average Bonchev–Trinajstić information content (AvgIpc) is 2.60. The van der Waals surface area contributed by atoms with Crippen molar-refractivity contribution in [2.45, 2.75) is 37.2 Å². The molecular formula is C19H24N2O4S. The number of hydrogen-bond donors (Lipinski definition) is 3. The number of sulfonamides is 1. The molecule has 1 atom stereocenters. The molecule has 0 unspecified atom stereocenters. The molecule has 0 aromatic heterocycles. The predicted octanol–water partition coefficient (Wildman–Crippen LogP) is 2.31. The molecular weight excluding hydrogens is 352 g/mol. The van der Waals surface area contributed by atoms with E-state index >= 15 is 0 Å². The average molecular weight is 376 g/mol. The van der Waals surface area contributed by atoms with Crippen LogP contribution in [-0.4, -0.2) is 31.6 Å². The number of carbonyl (C=O) groups excluding carboxylic acids is 1. The molecule has 140 valence electrons. The van der Waals surface area contributed by atoms with Crippen LogP contribution in [0.2, 0.25) is 0 Å². The lowest BCUT2D eigenvalue weighted by Gasteiger charge is -2.23. The second kappa shape index (κ2) is 8.44. The maximum Gasteiger partial charge on any atom is 0.240 e. The lowest BCUT2D eigenvalue weighted by Crippen LogP contribution is -2.40. The van der Waals surface area contributed by atoms with Crippen LogP contribution in [0.3, 0.4) is 0 Å². The van der Waals surface area contributed by atoms with Gasteiger partial charge in [-0.05, 0) is 49.6 Å². The van der Waals surface area contributed by atoms with Crippen LogP contribution in [0.25, 0.3) is 0 Å². The number of anilines is 1. The third-order valence-electron chi connectivity index (χ3n) is 3.92. The first-order valence-corrected chi connectivity index (χ1v) is 9.80. The van der Waals surface area contributed by atoms with Gasteiger partial charge in [0.25, 0.3) is 0 Å². The van der Waals surface area contributed by atoms with Gasteiger partial charge in [-0.2, -0.15) is 0 Å². The van der Waals surface area contributed by atoms with Crippen molar-refractivity contribution in [1.29, 1.82) is 0 Å². The molecule has 0 aliphatic heterocycles. The molecule has 2 aromatic rings. The largest absolute Gasteiger partial charge is 0.389 e. The van der Waals surface area contributed by atoms with E-state index in [0.717, 1.165) is 5.56 Å². The van der Waals surface area contributed by atoms with Gasteiger partial charge in [0.1, 0.15) is 0 Å². The summed E-state index contributed by atoms with van der Waals surface area (Å²) in [4.78, 5) is 11.1. The SMILES string of the molecule is CC(=O)Nc1ccc(S(=O)(=O)NC[C@](C)(O)CCc2ccccc2)cc1. The van der Waals surface area contributed by atoms with Crippen LogP contribution in [0, 0.1) is 0 Å². The first kappa shape index (κ1) is 20.1. The summed E-state index contributed by atoms with van der Waals surface area (Å²) in [6.45, 7) is 2.90. The maximum absolute atomic E-state index is 12.4. The molecule has 0 heterocycles. The summed E-state index contributed by atoms with van der Waals surface area (Å²) in [6, 6.07) is 15.6. The van der Waals surface area contributed by atoms with Crippen molar-refractivity contribution >= 4 is 21.6 Å². The Balaban J connectivity index is 1.94. The minimum absolute atomic E-state index is 0.0745. The van der Waals surface area contributed by atoms with Crippen molar-refractivity contribution in [3.63, 3.8) is 0 Å². The van der Waals surface area contributed by atoms with Gasteiger partial charge in [0.2, 0.25) is 15.9 Å². The van der Waals surface area contributed by atoms with Crippen LogP contribution in [-0.2, 0) is 21.2 Å². The standard InChI is InChI=1S/C19H24N2O4S/c1-15(22)21-17-8-10-18(11-9-17)26(24,25)20-14-19(2,23)13-12-16-6-4-3-5-7-16/h3-11,20,23H,12-14H2,1-2H3,(H,21,22)/t19-/m1/s1. The molecule has 7 heteroatoms. The fraction of sp³-hybridized carbons (Fsp3) is 0.316. The van der Waals surface area contributed by atoms with E-state index in [4.69, 9.17) is 0 Å². The fourth-order valence-electron chi connectivity index (χ4n) is 2.40. The molecule has 0 aliphatic rings. The van der Waals surface area contributed by atoms with Crippen molar-refractivity contribution in [2.24, 2.45) is 0 Å². The van der Waals surface area contributed by atoms with Crippen LogP contribution in [0.4, 0.5) is 5.69 Å². The van der Waals surface area contributed by atoms with Gasteiger partial charge in [0.15, 0.2) is 0 Å². The molecule has 2 rings (SSSR count). The highest BCUT2D eigenvalue weighted by Gasteiger charge is 2.24. The molecule has 0 spiro atoms. The number of aliphatic hydroxyl groups is 1. The zero-order chi connectivity index (χ0) is 19.2. The minimum atomic E-state index is -3.74. The zero-order valence-electron chi connectivity index (χ0n) is 14.9. The van der Waals surface area contributed by atoms with Gasteiger partial charge < -0.3 is 10.4 Å². The molecule has 0 fully saturated rings. The Morgan fingerprint density at radius 2 is 1.69 bits per heavy atom. The summed E-state index contributed by atoms with van der Waals surface area (Å²) in [7, 11) is -3.74. The Labute approximate surface area is 154 Å². The second-order valence-corrected chi connectivity index (χ2v) is 8.28. The number of benzene rings is 2. The molecule has 3 N–H and O–H groups in total. The third kappa shape index (κ3) is 6.25. The van der Waals surface area contributed by atoms with E-state index in [9.17, 15) is 18.3 Å². The van der Waals surface area contributed by atoms with E-state index in [1.54, 1.807) is 6.92 Å². The van der Waals surface area contributed by atoms with E-state index < -0.39 is 15.6 Å². The van der Waals surface area contributed by atoms with E-state index in [-0.39, 0.29) is 17.3 Å². The van der Waals surface area contributed by atoms with E-state index in [0.29, 0.717) is 18.5 Å². The summed E-state index contributed by atoms with van der Waals surface area (Å²) in [5.74, 6) is -0.229. The van der Waals surface area contributed by atoms with Gasteiger partial charge >= 0.3 is 0 Å². The second-order valence-electron chi connectivity index (χ2n) is 6.51. The van der Waals surface area contributed by atoms with Crippen LogP contribution in [0.1, 0.15) is 25.8 Å². The third-order valence-corrected chi connectivity index (χ3v) is 5.34. The quantitative estimate of drug-likeness (QED) is 0.659. The molecule has 0 radical (unpaired) electrons. The van der Waals surface area contributed by atoms with Gasteiger partial charge in [-0.1, -0.05) is 30.3 Å². The summed E-state index contributed by atoms with van der Waals surface area (Å²) in [5.41, 5.74) is 0.439. The molecule has 1 amide bonds. The van der Waals surface area contributed by atoms with Crippen LogP contribution in [0.15, 0.2) is 59.5 Å². The fourth-order valence-corrected chi connectivity index (χ4v) is 3.56. The first-order chi connectivity index (χ1) is 12.2. The summed E-state index contributed by atoms with van der Waals surface area (Å²) >= 11 is 0. The molecule has 0 saturated carbocycles. The molecule has 0 aliphatic carbocycles. The summed E-state index contributed by atoms with van der Waals surface area (Å²) in [6.07, 6.45) is 1.09. The van der Waals surface area contributed by atoms with Crippen LogP contribution in [0.5, 0.6) is 0 Å². The lowest BCUT2D eigenvalue weighted by atomic mass is 9.97. The van der Waals surface area contributed by atoms with Crippen LogP contribution < -0.4 is 10.0 Å². The van der Waals surface area contributed by atoms with Gasteiger partial charge in [-0.25, -0.2) is 13.1 Å². The minimum Gasteiger partial charge on any atom is -0.389 e. The van der Waals surface area contributed by atoms with Crippen molar-refractivity contribution < 1.29 is 18.3 Å². The Bertz CT molecular complexity index is 832. The highest BCUT2D eigenvalue weighted by molar-refractivity contribution is 7.89. The monoisotopic (exact) mass is 376 g/mol. The van der Waals surface area contributed by atoms with Crippen molar-refractivity contribution in [1.82, 2.24) is 4.72 Å². The van der Waals surface area contributed by atoms with E-state index in [1.807, 2.05) is 30.3 Å². The van der Waals surface area contributed by atoms with Gasteiger partial charge in [0, 0.05) is 19.2 Å². The first-order valence-electron chi connectivity index (χ1n) is 8.32. The number of hydrogen-bond acceptors (Lipinski definition) is 4. The number of rotatable bonds is 8. The van der Waals surface area contributed by atoms with E-state index in [2.05, 4.69) is 10.0 Å². The zero-order valence-corrected chi connectivity index (χ0v) is 15.7. The smallest absolute Gasteiger partial charge is 0.240 e. The summed E-state index contributed by atoms with van der Waals surface area (Å²) in [5, 5.41) is 13.0. The maximum atomic E-state index is 12.4. The Morgan fingerprint density at radius 3 is 2.27 bits per heavy atom. The van der Waals surface area contributed by atoms with Gasteiger partial charge in [-0.15, -0.1) is 0 Å². The predicted molar refractivity (Wildman–Crippen MR) is 101 cm³/mol. The molecule has 6 nitrogen and oxygen atoms in total. The molecule has 26 heavy (non-hydrogen) atoms. The molecule has 0 bridgehead atoms. The lowest BCUT2D eigenvalue weighted by molar-refractivity contribution is -0.114. The summed E-state index contributed by atoms with van der Waals surface area (Å²) < 4.78 is 27.2.